The van der Waals surface area contributed by atoms with Crippen LogP contribution in [0.3, 0.4) is 0 Å². The molecule has 0 unspecified atom stereocenters. The SMILES string of the molecule is COc1cc(C)c(/C=C2\C(=O)NC(=O)N(c3ccc4c(c3)OCO4)C2=O)cc1OC. The lowest BCUT2D eigenvalue weighted by molar-refractivity contribution is -0.122. The van der Waals surface area contributed by atoms with Crippen molar-refractivity contribution in [3.8, 4) is 23.0 Å². The van der Waals surface area contributed by atoms with Crippen LogP contribution in [-0.4, -0.2) is 38.9 Å². The molecule has 0 atom stereocenters. The average Bonchev–Trinajstić information content (AvgIpc) is 3.19. The maximum absolute atomic E-state index is 13.1. The van der Waals surface area contributed by atoms with Crippen molar-refractivity contribution < 1.29 is 33.3 Å². The lowest BCUT2D eigenvalue weighted by Gasteiger charge is -2.26. The molecular formula is C21H18N2O7. The summed E-state index contributed by atoms with van der Waals surface area (Å²) < 4.78 is 21.1. The Bertz CT molecular complexity index is 1110. The molecule has 0 radical (unpaired) electrons. The largest absolute Gasteiger partial charge is 0.493 e. The van der Waals surface area contributed by atoms with E-state index in [9.17, 15) is 14.4 Å². The van der Waals surface area contributed by atoms with Gasteiger partial charge in [-0.05, 0) is 48.4 Å². The number of benzene rings is 2. The summed E-state index contributed by atoms with van der Waals surface area (Å²) in [6, 6.07) is 7.19. The van der Waals surface area contributed by atoms with Crippen molar-refractivity contribution in [2.45, 2.75) is 6.92 Å². The quantitative estimate of drug-likeness (QED) is 0.610. The Hall–Kier alpha value is -4.01. The minimum absolute atomic E-state index is 0.0567. The van der Waals surface area contributed by atoms with Crippen LogP contribution in [0.2, 0.25) is 0 Å². The number of urea groups is 1. The number of rotatable bonds is 4. The minimum Gasteiger partial charge on any atom is -0.493 e. The van der Waals surface area contributed by atoms with Gasteiger partial charge in [0, 0.05) is 6.07 Å². The highest BCUT2D eigenvalue weighted by Gasteiger charge is 2.37. The van der Waals surface area contributed by atoms with E-state index in [2.05, 4.69) is 5.32 Å². The summed E-state index contributed by atoms with van der Waals surface area (Å²) in [7, 11) is 3.00. The van der Waals surface area contributed by atoms with Gasteiger partial charge in [-0.15, -0.1) is 0 Å². The number of methoxy groups -OCH3 is 2. The Kier molecular flexibility index (Phi) is 4.78. The monoisotopic (exact) mass is 410 g/mol. The third-order valence-corrected chi connectivity index (χ3v) is 4.79. The summed E-state index contributed by atoms with van der Waals surface area (Å²) >= 11 is 0. The molecule has 0 saturated carbocycles. The number of barbiturate groups is 1. The number of ether oxygens (including phenoxy) is 4. The molecule has 2 heterocycles. The van der Waals surface area contributed by atoms with Gasteiger partial charge in [-0.1, -0.05) is 0 Å². The number of nitrogens with zero attached hydrogens (tertiary/aromatic N) is 1. The highest BCUT2D eigenvalue weighted by atomic mass is 16.7. The van der Waals surface area contributed by atoms with E-state index in [0.29, 0.717) is 28.6 Å². The second-order valence-corrected chi connectivity index (χ2v) is 6.56. The summed E-state index contributed by atoms with van der Waals surface area (Å²) in [6.45, 7) is 1.86. The average molecular weight is 410 g/mol. The Morgan fingerprint density at radius 1 is 1.00 bits per heavy atom. The zero-order valence-electron chi connectivity index (χ0n) is 16.5. The molecule has 1 fully saturated rings. The predicted molar refractivity (Wildman–Crippen MR) is 106 cm³/mol. The van der Waals surface area contributed by atoms with Crippen LogP contribution in [0.25, 0.3) is 6.08 Å². The number of hydrogen-bond acceptors (Lipinski definition) is 7. The van der Waals surface area contributed by atoms with Crippen LogP contribution in [-0.2, 0) is 9.59 Å². The van der Waals surface area contributed by atoms with Crippen LogP contribution >= 0.6 is 0 Å². The number of imide groups is 2. The van der Waals surface area contributed by atoms with Crippen molar-refractivity contribution in [1.29, 1.82) is 0 Å². The Labute approximate surface area is 171 Å². The molecule has 9 heteroatoms. The lowest BCUT2D eigenvalue weighted by atomic mass is 10.0. The predicted octanol–water partition coefficient (Wildman–Crippen LogP) is 2.41. The number of hydrogen-bond donors (Lipinski definition) is 1. The van der Waals surface area contributed by atoms with Gasteiger partial charge in [0.05, 0.1) is 19.9 Å². The molecule has 0 spiro atoms. The first-order valence-electron chi connectivity index (χ1n) is 8.96. The Morgan fingerprint density at radius 3 is 2.43 bits per heavy atom. The lowest BCUT2D eigenvalue weighted by Crippen LogP contribution is -2.54. The molecule has 154 valence electrons. The molecule has 9 nitrogen and oxygen atoms in total. The van der Waals surface area contributed by atoms with Crippen LogP contribution in [0.5, 0.6) is 23.0 Å². The molecule has 0 aliphatic carbocycles. The van der Waals surface area contributed by atoms with Gasteiger partial charge in [0.25, 0.3) is 11.8 Å². The van der Waals surface area contributed by atoms with Gasteiger partial charge in [-0.25, -0.2) is 9.69 Å². The normalized spacial score (nSPS) is 16.7. The van der Waals surface area contributed by atoms with E-state index in [4.69, 9.17) is 18.9 Å². The van der Waals surface area contributed by atoms with Gasteiger partial charge in [-0.3, -0.25) is 14.9 Å². The van der Waals surface area contributed by atoms with Crippen LogP contribution in [0, 0.1) is 6.92 Å². The number of anilines is 1. The van der Waals surface area contributed by atoms with Crippen LogP contribution in [0.4, 0.5) is 10.5 Å². The summed E-state index contributed by atoms with van der Waals surface area (Å²) in [5, 5.41) is 2.20. The molecule has 2 aliphatic rings. The standard InChI is InChI=1S/C21H18N2O7/c1-11-6-16(27-2)17(28-3)8-12(11)7-14-19(24)22-21(26)23(20(14)25)13-4-5-15-18(9-13)30-10-29-15/h4-9H,10H2,1-3H3,(H,22,24,26)/b14-7+. The summed E-state index contributed by atoms with van der Waals surface area (Å²) in [6.07, 6.45) is 1.42. The number of aryl methyl sites for hydroxylation is 1. The van der Waals surface area contributed by atoms with Crippen LogP contribution in [0.1, 0.15) is 11.1 Å². The summed E-state index contributed by atoms with van der Waals surface area (Å²) in [5.74, 6) is 0.353. The molecule has 1 N–H and O–H groups in total. The van der Waals surface area contributed by atoms with Gasteiger partial charge in [0.1, 0.15) is 5.57 Å². The number of carbonyl (C=O) groups is 3. The van der Waals surface area contributed by atoms with Crippen molar-refractivity contribution in [1.82, 2.24) is 5.32 Å². The van der Waals surface area contributed by atoms with E-state index in [-0.39, 0.29) is 18.1 Å². The number of amides is 4. The first kappa shape index (κ1) is 19.3. The van der Waals surface area contributed by atoms with Gasteiger partial charge < -0.3 is 18.9 Å². The summed E-state index contributed by atoms with van der Waals surface area (Å²) in [4.78, 5) is 38.8. The van der Waals surface area contributed by atoms with Crippen molar-refractivity contribution in [2.75, 3.05) is 25.9 Å². The molecule has 1 saturated heterocycles. The van der Waals surface area contributed by atoms with Crippen LogP contribution < -0.4 is 29.2 Å². The molecule has 2 aliphatic heterocycles. The highest BCUT2D eigenvalue weighted by Crippen LogP contribution is 2.37. The second-order valence-electron chi connectivity index (χ2n) is 6.56. The summed E-state index contributed by atoms with van der Waals surface area (Å²) in [5.41, 5.74) is 1.39. The van der Waals surface area contributed by atoms with Gasteiger partial charge in [-0.2, -0.15) is 0 Å². The second kappa shape index (κ2) is 7.43. The van der Waals surface area contributed by atoms with Crippen molar-refractivity contribution in [2.24, 2.45) is 0 Å². The number of carbonyl (C=O) groups excluding carboxylic acids is 3. The zero-order chi connectivity index (χ0) is 21.4. The molecular weight excluding hydrogens is 392 g/mol. The van der Waals surface area contributed by atoms with Gasteiger partial charge in [0.2, 0.25) is 6.79 Å². The molecule has 0 bridgehead atoms. The van der Waals surface area contributed by atoms with Gasteiger partial charge in [0.15, 0.2) is 23.0 Å². The van der Waals surface area contributed by atoms with Crippen molar-refractivity contribution in [3.05, 3.63) is 47.0 Å². The van der Waals surface area contributed by atoms with Gasteiger partial charge >= 0.3 is 6.03 Å². The maximum atomic E-state index is 13.1. The molecule has 0 aromatic heterocycles. The topological polar surface area (TPSA) is 103 Å². The fraction of sp³-hybridized carbons (Fsp3) is 0.190. The number of nitrogens with one attached hydrogen (secondary N) is 1. The molecule has 2 aromatic carbocycles. The fourth-order valence-corrected chi connectivity index (χ4v) is 3.22. The van der Waals surface area contributed by atoms with E-state index >= 15 is 0 Å². The smallest absolute Gasteiger partial charge is 0.335 e. The third-order valence-electron chi connectivity index (χ3n) is 4.79. The molecule has 4 rings (SSSR count). The van der Waals surface area contributed by atoms with Crippen LogP contribution in [0.15, 0.2) is 35.9 Å². The highest BCUT2D eigenvalue weighted by molar-refractivity contribution is 6.39. The maximum Gasteiger partial charge on any atom is 0.335 e. The third kappa shape index (κ3) is 3.20. The first-order valence-corrected chi connectivity index (χ1v) is 8.96. The van der Waals surface area contributed by atoms with Crippen molar-refractivity contribution in [3.63, 3.8) is 0 Å². The van der Waals surface area contributed by atoms with E-state index in [0.717, 1.165) is 10.5 Å². The molecule has 4 amide bonds. The molecule has 30 heavy (non-hydrogen) atoms. The zero-order valence-corrected chi connectivity index (χ0v) is 16.5. The van der Waals surface area contributed by atoms with E-state index < -0.39 is 17.8 Å². The van der Waals surface area contributed by atoms with E-state index in [1.807, 2.05) is 0 Å². The Morgan fingerprint density at radius 2 is 1.70 bits per heavy atom. The van der Waals surface area contributed by atoms with Crippen molar-refractivity contribution >= 4 is 29.6 Å². The fourth-order valence-electron chi connectivity index (χ4n) is 3.22. The number of fused-ring (bicyclic) bond motifs is 1. The Balaban J connectivity index is 1.74. The van der Waals surface area contributed by atoms with E-state index in [1.165, 1.54) is 26.4 Å². The molecule has 2 aromatic rings. The van der Waals surface area contributed by atoms with E-state index in [1.54, 1.807) is 31.2 Å². The first-order chi connectivity index (χ1) is 14.4. The minimum atomic E-state index is -0.843.